The second-order valence-electron chi connectivity index (χ2n) is 4.42. The fourth-order valence-electron chi connectivity index (χ4n) is 1.68. The number of aliphatic carboxylic acids is 1. The Balaban J connectivity index is 3.29. The number of rotatable bonds is 4. The molecule has 17 heavy (non-hydrogen) atoms. The highest BCUT2D eigenvalue weighted by atomic mass is 35.5. The van der Waals surface area contributed by atoms with Crippen molar-refractivity contribution in [3.8, 4) is 5.75 Å². The average molecular weight is 261 g/mol. The van der Waals surface area contributed by atoms with Crippen LogP contribution in [0.15, 0.2) is 12.1 Å². The van der Waals surface area contributed by atoms with Crippen LogP contribution in [0.1, 0.15) is 25.8 Å². The maximum absolute atomic E-state index is 14.0. The maximum atomic E-state index is 14.0. The van der Waals surface area contributed by atoms with Gasteiger partial charge in [-0.05, 0) is 11.6 Å². The summed E-state index contributed by atoms with van der Waals surface area (Å²) in [5.41, 5.74) is -0.613. The van der Waals surface area contributed by atoms with E-state index in [0.717, 1.165) is 0 Å². The molecule has 0 aliphatic heterocycles. The summed E-state index contributed by atoms with van der Waals surface area (Å²) in [7, 11) is 1.34. The Morgan fingerprint density at radius 3 is 2.59 bits per heavy atom. The number of methoxy groups -OCH3 is 1. The molecule has 1 aromatic rings. The topological polar surface area (TPSA) is 46.5 Å². The molecule has 0 aromatic heterocycles. The van der Waals surface area contributed by atoms with Crippen LogP contribution < -0.4 is 4.74 Å². The number of carboxylic acids is 1. The summed E-state index contributed by atoms with van der Waals surface area (Å²) in [6.45, 7) is 3.30. The standard InChI is InChI=1S/C12H14ClFO3/c1-12(2,6-10(15)16)8-4-7(13)5-9(17-3)11(8)14/h4-5H,6H2,1-3H3,(H,15,16). The summed E-state index contributed by atoms with van der Waals surface area (Å²) >= 11 is 5.85. The molecule has 1 rings (SSSR count). The number of halogens is 2. The summed E-state index contributed by atoms with van der Waals surface area (Å²) in [6.07, 6.45) is -0.187. The Bertz CT molecular complexity index is 444. The van der Waals surface area contributed by atoms with E-state index in [1.165, 1.54) is 19.2 Å². The Hall–Kier alpha value is -1.29. The first kappa shape index (κ1) is 13.8. The van der Waals surface area contributed by atoms with Crippen LogP contribution in [0.5, 0.6) is 5.75 Å². The van der Waals surface area contributed by atoms with Crippen molar-refractivity contribution >= 4 is 17.6 Å². The molecule has 0 unspecified atom stereocenters. The molecule has 94 valence electrons. The van der Waals surface area contributed by atoms with E-state index < -0.39 is 17.2 Å². The molecule has 0 aliphatic rings. The lowest BCUT2D eigenvalue weighted by Gasteiger charge is -2.24. The van der Waals surface area contributed by atoms with Gasteiger partial charge in [0, 0.05) is 16.5 Å². The van der Waals surface area contributed by atoms with Crippen molar-refractivity contribution in [2.75, 3.05) is 7.11 Å². The third kappa shape index (κ3) is 3.09. The quantitative estimate of drug-likeness (QED) is 0.904. The van der Waals surface area contributed by atoms with Gasteiger partial charge in [-0.25, -0.2) is 4.39 Å². The van der Waals surface area contributed by atoms with E-state index in [9.17, 15) is 9.18 Å². The van der Waals surface area contributed by atoms with Crippen LogP contribution in [0.4, 0.5) is 4.39 Å². The van der Waals surface area contributed by atoms with Crippen molar-refractivity contribution in [2.24, 2.45) is 0 Å². The van der Waals surface area contributed by atoms with E-state index in [-0.39, 0.29) is 17.7 Å². The first-order valence-electron chi connectivity index (χ1n) is 5.03. The second-order valence-corrected chi connectivity index (χ2v) is 4.86. The van der Waals surface area contributed by atoms with E-state index in [2.05, 4.69) is 0 Å². The van der Waals surface area contributed by atoms with Crippen LogP contribution in [-0.2, 0) is 10.2 Å². The molecule has 0 aliphatic carbocycles. The molecule has 0 atom stereocenters. The van der Waals surface area contributed by atoms with Gasteiger partial charge in [0.15, 0.2) is 11.6 Å². The van der Waals surface area contributed by atoms with E-state index >= 15 is 0 Å². The summed E-state index contributed by atoms with van der Waals surface area (Å²) < 4.78 is 18.9. The fourth-order valence-corrected chi connectivity index (χ4v) is 1.89. The summed E-state index contributed by atoms with van der Waals surface area (Å²) in [6, 6.07) is 2.79. The molecule has 5 heteroatoms. The van der Waals surface area contributed by atoms with Gasteiger partial charge in [0.2, 0.25) is 0 Å². The molecular weight excluding hydrogens is 247 g/mol. The van der Waals surface area contributed by atoms with Crippen LogP contribution in [0.2, 0.25) is 5.02 Å². The van der Waals surface area contributed by atoms with Gasteiger partial charge in [0.25, 0.3) is 0 Å². The maximum Gasteiger partial charge on any atom is 0.304 e. The highest BCUT2D eigenvalue weighted by Gasteiger charge is 2.29. The summed E-state index contributed by atoms with van der Waals surface area (Å²) in [5, 5.41) is 9.13. The lowest BCUT2D eigenvalue weighted by Crippen LogP contribution is -2.23. The van der Waals surface area contributed by atoms with Crippen molar-refractivity contribution in [1.82, 2.24) is 0 Å². The van der Waals surface area contributed by atoms with Crippen LogP contribution in [0.3, 0.4) is 0 Å². The van der Waals surface area contributed by atoms with Gasteiger partial charge in [-0.2, -0.15) is 0 Å². The van der Waals surface area contributed by atoms with Gasteiger partial charge >= 0.3 is 5.97 Å². The van der Waals surface area contributed by atoms with Gasteiger partial charge in [0.1, 0.15) is 0 Å². The minimum Gasteiger partial charge on any atom is -0.494 e. The van der Waals surface area contributed by atoms with Crippen molar-refractivity contribution in [2.45, 2.75) is 25.7 Å². The van der Waals surface area contributed by atoms with Crippen molar-refractivity contribution < 1.29 is 19.0 Å². The zero-order chi connectivity index (χ0) is 13.2. The smallest absolute Gasteiger partial charge is 0.304 e. The van der Waals surface area contributed by atoms with Crippen LogP contribution in [0.25, 0.3) is 0 Å². The molecule has 0 saturated carbocycles. The van der Waals surface area contributed by atoms with E-state index in [4.69, 9.17) is 21.4 Å². The fraction of sp³-hybridized carbons (Fsp3) is 0.417. The van der Waals surface area contributed by atoms with Gasteiger partial charge in [0.05, 0.1) is 13.5 Å². The normalized spacial score (nSPS) is 11.4. The van der Waals surface area contributed by atoms with Crippen LogP contribution in [0, 0.1) is 5.82 Å². The first-order valence-corrected chi connectivity index (χ1v) is 5.41. The number of carbonyl (C=O) groups is 1. The minimum absolute atomic E-state index is 0.0194. The molecule has 1 aromatic carbocycles. The second kappa shape index (κ2) is 4.92. The molecule has 0 saturated heterocycles. The van der Waals surface area contributed by atoms with Crippen molar-refractivity contribution in [3.63, 3.8) is 0 Å². The molecule has 0 amide bonds. The molecule has 0 fully saturated rings. The average Bonchev–Trinajstić information content (AvgIpc) is 2.18. The molecule has 3 nitrogen and oxygen atoms in total. The Morgan fingerprint density at radius 2 is 2.12 bits per heavy atom. The van der Waals surface area contributed by atoms with Crippen LogP contribution >= 0.6 is 11.6 Å². The molecule has 0 radical (unpaired) electrons. The number of carboxylic acid groups (broad SMARTS) is 1. The predicted molar refractivity (Wildman–Crippen MR) is 63.2 cm³/mol. The molecule has 1 N–H and O–H groups in total. The lowest BCUT2D eigenvalue weighted by atomic mass is 9.81. The minimum atomic E-state index is -0.992. The highest BCUT2D eigenvalue weighted by molar-refractivity contribution is 6.30. The number of benzene rings is 1. The summed E-state index contributed by atoms with van der Waals surface area (Å²) in [4.78, 5) is 10.8. The number of hydrogen-bond donors (Lipinski definition) is 1. The van der Waals surface area contributed by atoms with E-state index in [1.807, 2.05) is 0 Å². The lowest BCUT2D eigenvalue weighted by molar-refractivity contribution is -0.138. The predicted octanol–water partition coefficient (Wildman–Crippen LogP) is 3.24. The van der Waals surface area contributed by atoms with Crippen LogP contribution in [-0.4, -0.2) is 18.2 Å². The third-order valence-corrected chi connectivity index (χ3v) is 2.76. The molecule has 0 heterocycles. The zero-order valence-corrected chi connectivity index (χ0v) is 10.6. The van der Waals surface area contributed by atoms with E-state index in [0.29, 0.717) is 5.02 Å². The van der Waals surface area contributed by atoms with Crippen molar-refractivity contribution in [1.29, 1.82) is 0 Å². The van der Waals surface area contributed by atoms with Crippen molar-refractivity contribution in [3.05, 3.63) is 28.5 Å². The zero-order valence-electron chi connectivity index (χ0n) is 9.88. The molecule has 0 spiro atoms. The number of ether oxygens (including phenoxy) is 1. The third-order valence-electron chi connectivity index (χ3n) is 2.55. The largest absolute Gasteiger partial charge is 0.494 e. The monoisotopic (exact) mass is 260 g/mol. The molecule has 0 bridgehead atoms. The first-order chi connectivity index (χ1) is 7.77. The highest BCUT2D eigenvalue weighted by Crippen LogP contribution is 2.35. The van der Waals surface area contributed by atoms with Gasteiger partial charge in [-0.15, -0.1) is 0 Å². The SMILES string of the molecule is COc1cc(Cl)cc(C(C)(C)CC(=O)O)c1F. The number of hydrogen-bond acceptors (Lipinski definition) is 2. The van der Waals surface area contributed by atoms with Gasteiger partial charge in [-0.1, -0.05) is 25.4 Å². The Morgan fingerprint density at radius 1 is 1.53 bits per heavy atom. The Kier molecular flexibility index (Phi) is 3.98. The molecular formula is C12H14ClFO3. The van der Waals surface area contributed by atoms with Gasteiger partial charge < -0.3 is 9.84 Å². The van der Waals surface area contributed by atoms with E-state index in [1.54, 1.807) is 13.8 Å². The summed E-state index contributed by atoms with van der Waals surface area (Å²) in [5.74, 6) is -1.54. The Labute approximate surface area is 104 Å². The van der Waals surface area contributed by atoms with Gasteiger partial charge in [-0.3, -0.25) is 4.79 Å².